The monoisotopic (exact) mass is 255 g/mol. The van der Waals surface area contributed by atoms with Crippen LogP contribution in [0.15, 0.2) is 0 Å². The number of nitrogens with one attached hydrogen (secondary N) is 2. The number of nitrogens with two attached hydrogens (primary N) is 1. The van der Waals surface area contributed by atoms with Crippen molar-refractivity contribution in [3.8, 4) is 0 Å². The van der Waals surface area contributed by atoms with Crippen molar-refractivity contribution >= 4 is 11.6 Å². The molecule has 1 unspecified atom stereocenters. The summed E-state index contributed by atoms with van der Waals surface area (Å²) in [5.41, 5.74) is 3.31. The van der Waals surface area contributed by atoms with Crippen molar-refractivity contribution < 1.29 is 10.2 Å². The van der Waals surface area contributed by atoms with Crippen molar-refractivity contribution in [2.75, 3.05) is 23.9 Å². The highest BCUT2D eigenvalue weighted by molar-refractivity contribution is 5.56. The van der Waals surface area contributed by atoms with Gasteiger partial charge in [0.25, 0.3) is 0 Å². The number of hydrazine groups is 1. The minimum Gasteiger partial charge on any atom is -0.394 e. The lowest BCUT2D eigenvalue weighted by molar-refractivity contribution is 0.105. The Balaban J connectivity index is 2.90. The first kappa shape index (κ1) is 14.6. The molecule has 0 aromatic carbocycles. The van der Waals surface area contributed by atoms with Crippen molar-refractivity contribution in [1.29, 1.82) is 0 Å². The molecule has 0 saturated heterocycles. The topological polar surface area (TPSA) is 116 Å². The van der Waals surface area contributed by atoms with Crippen LogP contribution in [-0.4, -0.2) is 39.4 Å². The number of hydrogen-bond acceptors (Lipinski definition) is 7. The predicted molar refractivity (Wildman–Crippen MR) is 70.2 cm³/mol. The molecule has 7 heteroatoms. The first-order valence-corrected chi connectivity index (χ1v) is 5.99. The molecule has 1 aromatic heterocycles. The van der Waals surface area contributed by atoms with E-state index in [0.29, 0.717) is 17.5 Å². The highest BCUT2D eigenvalue weighted by Gasteiger charge is 2.11. The van der Waals surface area contributed by atoms with Crippen LogP contribution in [0.25, 0.3) is 0 Å². The van der Waals surface area contributed by atoms with Gasteiger partial charge in [-0.2, -0.15) is 0 Å². The molecule has 0 radical (unpaired) electrons. The third-order valence-electron chi connectivity index (χ3n) is 2.52. The average molecular weight is 255 g/mol. The van der Waals surface area contributed by atoms with E-state index < -0.39 is 6.10 Å². The molecule has 0 spiro atoms. The number of aryl methyl sites for hydroxylation is 1. The Morgan fingerprint density at radius 2 is 2.00 bits per heavy atom. The average Bonchev–Trinajstić information content (AvgIpc) is 2.38. The van der Waals surface area contributed by atoms with Crippen LogP contribution in [0.3, 0.4) is 0 Å². The SMILES string of the molecule is CCCc1nc(NN)c(C)c(NCC(O)CO)n1. The van der Waals surface area contributed by atoms with Crippen LogP contribution in [0.5, 0.6) is 0 Å². The van der Waals surface area contributed by atoms with Gasteiger partial charge in [-0.3, -0.25) is 0 Å². The predicted octanol–water partition coefficient (Wildman–Crippen LogP) is -0.212. The van der Waals surface area contributed by atoms with Crippen LogP contribution >= 0.6 is 0 Å². The van der Waals surface area contributed by atoms with Crippen molar-refractivity contribution in [2.24, 2.45) is 5.84 Å². The molecule has 102 valence electrons. The van der Waals surface area contributed by atoms with Gasteiger partial charge in [0, 0.05) is 18.5 Å². The fraction of sp³-hybridized carbons (Fsp3) is 0.636. The number of rotatable bonds is 7. The van der Waals surface area contributed by atoms with Gasteiger partial charge in [0.1, 0.15) is 17.5 Å². The van der Waals surface area contributed by atoms with Crippen LogP contribution in [0.1, 0.15) is 24.7 Å². The lowest BCUT2D eigenvalue weighted by Gasteiger charge is -2.15. The lowest BCUT2D eigenvalue weighted by Crippen LogP contribution is -2.24. The van der Waals surface area contributed by atoms with Crippen molar-refractivity contribution in [3.05, 3.63) is 11.4 Å². The molecule has 0 fully saturated rings. The minimum atomic E-state index is -0.816. The smallest absolute Gasteiger partial charge is 0.148 e. The Morgan fingerprint density at radius 3 is 2.56 bits per heavy atom. The number of aliphatic hydroxyl groups excluding tert-OH is 2. The van der Waals surface area contributed by atoms with Gasteiger partial charge < -0.3 is 21.0 Å². The molecule has 0 aliphatic carbocycles. The molecule has 0 aliphatic heterocycles. The molecular formula is C11H21N5O2. The van der Waals surface area contributed by atoms with E-state index in [2.05, 4.69) is 20.7 Å². The number of aromatic nitrogens is 2. The number of aliphatic hydroxyl groups is 2. The zero-order valence-corrected chi connectivity index (χ0v) is 10.8. The maximum atomic E-state index is 9.31. The van der Waals surface area contributed by atoms with Gasteiger partial charge in [-0.05, 0) is 13.3 Å². The Hall–Kier alpha value is -1.44. The Bertz CT molecular complexity index is 386. The van der Waals surface area contributed by atoms with Crippen LogP contribution in [-0.2, 0) is 6.42 Å². The zero-order valence-electron chi connectivity index (χ0n) is 10.8. The summed E-state index contributed by atoms with van der Waals surface area (Å²) in [4.78, 5) is 8.66. The van der Waals surface area contributed by atoms with E-state index in [9.17, 15) is 5.11 Å². The third-order valence-corrected chi connectivity index (χ3v) is 2.52. The van der Waals surface area contributed by atoms with E-state index in [4.69, 9.17) is 10.9 Å². The fourth-order valence-electron chi connectivity index (χ4n) is 1.49. The van der Waals surface area contributed by atoms with Gasteiger partial charge in [0.2, 0.25) is 0 Å². The molecule has 1 atom stereocenters. The quantitative estimate of drug-likeness (QED) is 0.338. The number of nitrogens with zero attached hydrogens (tertiary/aromatic N) is 2. The molecule has 0 saturated carbocycles. The molecule has 0 amide bonds. The number of hydrogen-bond donors (Lipinski definition) is 5. The summed E-state index contributed by atoms with van der Waals surface area (Å²) in [5.74, 6) is 7.28. The molecule has 1 heterocycles. The maximum absolute atomic E-state index is 9.31. The molecule has 1 aromatic rings. The summed E-state index contributed by atoms with van der Waals surface area (Å²) >= 11 is 0. The van der Waals surface area contributed by atoms with Gasteiger partial charge >= 0.3 is 0 Å². The Morgan fingerprint density at radius 1 is 1.33 bits per heavy atom. The normalized spacial score (nSPS) is 12.3. The first-order chi connectivity index (χ1) is 8.62. The largest absolute Gasteiger partial charge is 0.394 e. The minimum absolute atomic E-state index is 0.226. The summed E-state index contributed by atoms with van der Waals surface area (Å²) in [6.07, 6.45) is 0.876. The summed E-state index contributed by atoms with van der Waals surface area (Å²) in [5, 5.41) is 21.1. The molecule has 0 aliphatic rings. The van der Waals surface area contributed by atoms with E-state index in [1.165, 1.54) is 0 Å². The van der Waals surface area contributed by atoms with Gasteiger partial charge in [0.05, 0.1) is 12.7 Å². The lowest BCUT2D eigenvalue weighted by atomic mass is 10.2. The highest BCUT2D eigenvalue weighted by Crippen LogP contribution is 2.19. The highest BCUT2D eigenvalue weighted by atomic mass is 16.3. The maximum Gasteiger partial charge on any atom is 0.148 e. The van der Waals surface area contributed by atoms with Crippen LogP contribution in [0, 0.1) is 6.92 Å². The standard InChI is InChI=1S/C11H21N5O2/c1-3-4-9-14-10(13-5-8(18)6-17)7(2)11(15-9)16-12/h8,17-18H,3-6,12H2,1-2H3,(H2,13,14,15,16). The van der Waals surface area contributed by atoms with Crippen molar-refractivity contribution in [2.45, 2.75) is 32.8 Å². The van der Waals surface area contributed by atoms with E-state index in [-0.39, 0.29) is 13.2 Å². The van der Waals surface area contributed by atoms with Crippen molar-refractivity contribution in [1.82, 2.24) is 9.97 Å². The zero-order chi connectivity index (χ0) is 13.5. The summed E-state index contributed by atoms with van der Waals surface area (Å²) < 4.78 is 0. The number of nitrogen functional groups attached to an aromatic ring is 1. The Kier molecular flexibility index (Phi) is 5.76. The first-order valence-electron chi connectivity index (χ1n) is 5.99. The van der Waals surface area contributed by atoms with E-state index in [0.717, 1.165) is 18.4 Å². The van der Waals surface area contributed by atoms with Crippen LogP contribution in [0.4, 0.5) is 11.6 Å². The van der Waals surface area contributed by atoms with Crippen molar-refractivity contribution in [3.63, 3.8) is 0 Å². The molecule has 0 bridgehead atoms. The van der Waals surface area contributed by atoms with Gasteiger partial charge in [-0.25, -0.2) is 15.8 Å². The molecular weight excluding hydrogens is 234 g/mol. The second-order valence-corrected chi connectivity index (χ2v) is 4.07. The summed E-state index contributed by atoms with van der Waals surface area (Å²) in [7, 11) is 0. The van der Waals surface area contributed by atoms with Gasteiger partial charge in [0.15, 0.2) is 0 Å². The second-order valence-electron chi connectivity index (χ2n) is 4.07. The molecule has 18 heavy (non-hydrogen) atoms. The third kappa shape index (κ3) is 3.80. The second kappa shape index (κ2) is 7.10. The van der Waals surface area contributed by atoms with Gasteiger partial charge in [-0.15, -0.1) is 0 Å². The molecule has 7 nitrogen and oxygen atoms in total. The van der Waals surface area contributed by atoms with E-state index >= 15 is 0 Å². The summed E-state index contributed by atoms with van der Waals surface area (Å²) in [6.45, 7) is 3.81. The molecule has 1 rings (SSSR count). The summed E-state index contributed by atoms with van der Waals surface area (Å²) in [6, 6.07) is 0. The van der Waals surface area contributed by atoms with Crippen LogP contribution < -0.4 is 16.6 Å². The molecule has 6 N–H and O–H groups in total. The Labute approximate surface area is 106 Å². The van der Waals surface area contributed by atoms with Gasteiger partial charge in [-0.1, -0.05) is 6.92 Å². The fourth-order valence-corrected chi connectivity index (χ4v) is 1.49. The van der Waals surface area contributed by atoms with E-state index in [1.54, 1.807) is 0 Å². The number of anilines is 2. The van der Waals surface area contributed by atoms with E-state index in [1.807, 2.05) is 13.8 Å². The van der Waals surface area contributed by atoms with Crippen LogP contribution in [0.2, 0.25) is 0 Å².